The van der Waals surface area contributed by atoms with Crippen molar-refractivity contribution in [1.29, 1.82) is 0 Å². The molecule has 1 amide bonds. The topological polar surface area (TPSA) is 66.4 Å². The number of aliphatic carboxylic acids is 1. The van der Waals surface area contributed by atoms with Gasteiger partial charge in [0.15, 0.2) is 0 Å². The Labute approximate surface area is 127 Å². The lowest BCUT2D eigenvalue weighted by Gasteiger charge is -2.27. The molecule has 0 heterocycles. The number of carboxylic acid groups (broad SMARTS) is 1. The van der Waals surface area contributed by atoms with Gasteiger partial charge in [0, 0.05) is 13.0 Å². The van der Waals surface area contributed by atoms with Crippen LogP contribution in [0.5, 0.6) is 0 Å². The second-order valence-electron chi connectivity index (χ2n) is 7.25. The maximum atomic E-state index is 12.0. The monoisotopic (exact) mass is 295 g/mol. The number of rotatable bonds is 6. The molecule has 120 valence electrons. The molecular formula is C17H29NO3. The average Bonchev–Trinajstić information content (AvgIpc) is 2.88. The molecule has 2 N–H and O–H groups in total. The van der Waals surface area contributed by atoms with Crippen molar-refractivity contribution in [2.45, 2.75) is 71.1 Å². The Balaban J connectivity index is 1.70. The zero-order chi connectivity index (χ0) is 15.3. The smallest absolute Gasteiger partial charge is 0.310 e. The summed E-state index contributed by atoms with van der Waals surface area (Å²) in [5.41, 5.74) is -0.788. The largest absolute Gasteiger partial charge is 0.481 e. The highest BCUT2D eigenvalue weighted by atomic mass is 16.4. The van der Waals surface area contributed by atoms with Crippen LogP contribution in [0.25, 0.3) is 0 Å². The van der Waals surface area contributed by atoms with Gasteiger partial charge in [0.05, 0.1) is 5.41 Å². The van der Waals surface area contributed by atoms with E-state index in [2.05, 4.69) is 12.2 Å². The van der Waals surface area contributed by atoms with Gasteiger partial charge in [0.1, 0.15) is 0 Å². The SMILES string of the molecule is CC1CCCC(CCNC(=O)CC2(C(=O)O)CCCC2)C1. The maximum absolute atomic E-state index is 12.0. The van der Waals surface area contributed by atoms with Crippen molar-refractivity contribution in [2.24, 2.45) is 17.3 Å². The number of nitrogens with one attached hydrogen (secondary N) is 1. The van der Waals surface area contributed by atoms with Gasteiger partial charge in [-0.3, -0.25) is 9.59 Å². The van der Waals surface area contributed by atoms with Gasteiger partial charge in [-0.2, -0.15) is 0 Å². The Morgan fingerprint density at radius 3 is 2.52 bits per heavy atom. The highest BCUT2D eigenvalue weighted by Gasteiger charge is 2.42. The predicted molar refractivity (Wildman–Crippen MR) is 81.9 cm³/mol. The minimum Gasteiger partial charge on any atom is -0.481 e. The van der Waals surface area contributed by atoms with Crippen molar-refractivity contribution in [1.82, 2.24) is 5.32 Å². The van der Waals surface area contributed by atoms with E-state index in [9.17, 15) is 14.7 Å². The molecule has 2 aliphatic carbocycles. The number of hydrogen-bond donors (Lipinski definition) is 2. The van der Waals surface area contributed by atoms with Crippen molar-refractivity contribution in [3.05, 3.63) is 0 Å². The van der Waals surface area contributed by atoms with Crippen molar-refractivity contribution in [2.75, 3.05) is 6.54 Å². The van der Waals surface area contributed by atoms with Crippen LogP contribution in [0.2, 0.25) is 0 Å². The van der Waals surface area contributed by atoms with Crippen LogP contribution in [0.1, 0.15) is 71.1 Å². The van der Waals surface area contributed by atoms with Crippen LogP contribution in [0.4, 0.5) is 0 Å². The normalized spacial score (nSPS) is 28.2. The minimum atomic E-state index is -0.795. The molecule has 0 aromatic rings. The third-order valence-electron chi connectivity index (χ3n) is 5.43. The van der Waals surface area contributed by atoms with Crippen LogP contribution in [0.3, 0.4) is 0 Å². The molecule has 2 rings (SSSR count). The predicted octanol–water partition coefficient (Wildman–Crippen LogP) is 3.35. The quantitative estimate of drug-likeness (QED) is 0.789. The molecule has 4 heteroatoms. The summed E-state index contributed by atoms with van der Waals surface area (Å²) in [6, 6.07) is 0. The number of hydrogen-bond acceptors (Lipinski definition) is 2. The van der Waals surface area contributed by atoms with Crippen molar-refractivity contribution >= 4 is 11.9 Å². The van der Waals surface area contributed by atoms with Crippen LogP contribution in [0, 0.1) is 17.3 Å². The third-order valence-corrected chi connectivity index (χ3v) is 5.43. The Morgan fingerprint density at radius 2 is 1.90 bits per heavy atom. The van der Waals surface area contributed by atoms with E-state index in [0.717, 1.165) is 31.1 Å². The van der Waals surface area contributed by atoms with E-state index >= 15 is 0 Å². The van der Waals surface area contributed by atoms with E-state index in [1.54, 1.807) is 0 Å². The fourth-order valence-electron chi connectivity index (χ4n) is 4.13. The Hall–Kier alpha value is -1.06. The lowest BCUT2D eigenvalue weighted by molar-refractivity contribution is -0.151. The summed E-state index contributed by atoms with van der Waals surface area (Å²) < 4.78 is 0. The average molecular weight is 295 g/mol. The highest BCUT2D eigenvalue weighted by molar-refractivity contribution is 5.85. The molecule has 0 aliphatic heterocycles. The van der Waals surface area contributed by atoms with Crippen LogP contribution in [-0.2, 0) is 9.59 Å². The van der Waals surface area contributed by atoms with Crippen LogP contribution in [-0.4, -0.2) is 23.5 Å². The van der Waals surface area contributed by atoms with Gasteiger partial charge in [-0.15, -0.1) is 0 Å². The molecule has 0 aromatic carbocycles. The molecule has 0 bridgehead atoms. The molecule has 21 heavy (non-hydrogen) atoms. The zero-order valence-corrected chi connectivity index (χ0v) is 13.2. The summed E-state index contributed by atoms with van der Waals surface area (Å²) in [5, 5.41) is 12.3. The van der Waals surface area contributed by atoms with Gasteiger partial charge < -0.3 is 10.4 Å². The van der Waals surface area contributed by atoms with Crippen molar-refractivity contribution in [3.63, 3.8) is 0 Å². The summed E-state index contributed by atoms with van der Waals surface area (Å²) in [6.07, 6.45) is 9.55. The first-order valence-corrected chi connectivity index (χ1v) is 8.52. The number of carboxylic acids is 1. The number of carbonyl (C=O) groups is 2. The van der Waals surface area contributed by atoms with Gasteiger partial charge in [0.2, 0.25) is 5.91 Å². The van der Waals surface area contributed by atoms with Crippen LogP contribution >= 0.6 is 0 Å². The number of carbonyl (C=O) groups excluding carboxylic acids is 1. The van der Waals surface area contributed by atoms with E-state index < -0.39 is 11.4 Å². The van der Waals surface area contributed by atoms with E-state index in [1.165, 1.54) is 25.7 Å². The summed E-state index contributed by atoms with van der Waals surface area (Å²) >= 11 is 0. The maximum Gasteiger partial charge on any atom is 0.310 e. The molecule has 0 aromatic heterocycles. The standard InChI is InChI=1S/C17H29NO3/c1-13-5-4-6-14(11-13)7-10-18-15(19)12-17(16(20)21)8-2-3-9-17/h13-14H,2-12H2,1H3,(H,18,19)(H,20,21). The lowest BCUT2D eigenvalue weighted by Crippen LogP contribution is -2.36. The molecular weight excluding hydrogens is 266 g/mol. The molecule has 2 unspecified atom stereocenters. The van der Waals surface area contributed by atoms with Crippen LogP contribution < -0.4 is 5.32 Å². The van der Waals surface area contributed by atoms with E-state index in [4.69, 9.17) is 0 Å². The molecule has 0 saturated heterocycles. The summed E-state index contributed by atoms with van der Waals surface area (Å²) in [6.45, 7) is 3.01. The van der Waals surface area contributed by atoms with Crippen LogP contribution in [0.15, 0.2) is 0 Å². The second kappa shape index (κ2) is 7.28. The van der Waals surface area contributed by atoms with Gasteiger partial charge in [-0.05, 0) is 37.5 Å². The first-order chi connectivity index (χ1) is 10.0. The third kappa shape index (κ3) is 4.45. The highest BCUT2D eigenvalue weighted by Crippen LogP contribution is 2.41. The first-order valence-electron chi connectivity index (χ1n) is 8.52. The fourth-order valence-corrected chi connectivity index (χ4v) is 4.13. The van der Waals surface area contributed by atoms with Crippen molar-refractivity contribution < 1.29 is 14.7 Å². The molecule has 0 radical (unpaired) electrons. The molecule has 2 aliphatic rings. The Bertz CT molecular complexity index is 374. The van der Waals surface area contributed by atoms with E-state index in [0.29, 0.717) is 19.4 Å². The van der Waals surface area contributed by atoms with E-state index in [-0.39, 0.29) is 12.3 Å². The molecule has 0 spiro atoms. The second-order valence-corrected chi connectivity index (χ2v) is 7.25. The Kier molecular flexibility index (Phi) is 5.65. The Morgan fingerprint density at radius 1 is 1.19 bits per heavy atom. The fraction of sp³-hybridized carbons (Fsp3) is 0.882. The minimum absolute atomic E-state index is 0.0804. The van der Waals surface area contributed by atoms with Gasteiger partial charge in [0.25, 0.3) is 0 Å². The lowest BCUT2D eigenvalue weighted by atomic mass is 9.80. The number of amides is 1. The molecule has 2 saturated carbocycles. The summed E-state index contributed by atoms with van der Waals surface area (Å²) in [4.78, 5) is 23.5. The molecule has 2 fully saturated rings. The van der Waals surface area contributed by atoms with Gasteiger partial charge in [-0.1, -0.05) is 39.0 Å². The van der Waals surface area contributed by atoms with Gasteiger partial charge in [-0.25, -0.2) is 0 Å². The molecule has 4 nitrogen and oxygen atoms in total. The molecule has 2 atom stereocenters. The summed E-state index contributed by atoms with van der Waals surface area (Å²) in [7, 11) is 0. The summed E-state index contributed by atoms with van der Waals surface area (Å²) in [5.74, 6) is 0.668. The first kappa shape index (κ1) is 16.3. The zero-order valence-electron chi connectivity index (χ0n) is 13.2. The van der Waals surface area contributed by atoms with Gasteiger partial charge >= 0.3 is 5.97 Å². The van der Waals surface area contributed by atoms with E-state index in [1.807, 2.05) is 0 Å². The van der Waals surface area contributed by atoms with Crippen molar-refractivity contribution in [3.8, 4) is 0 Å².